The number of carbonyl (C=O) groups is 4. The minimum Gasteiger partial charge on any atom is -0.379 e. The van der Waals surface area contributed by atoms with Crippen LogP contribution < -0.4 is 11.1 Å². The minimum absolute atomic E-state index is 0.00386. The molecule has 0 bridgehead atoms. The molecule has 0 saturated carbocycles. The molecule has 5 atom stereocenters. The van der Waals surface area contributed by atoms with Crippen LogP contribution in [-0.4, -0.2) is 76.7 Å². The standard InChI is InChI=1S/C29H45NO7.CH3NO/c1-19-12-9-15-24(34-5)25(35-6)16-10-13-20(2)28(37-8)26(36-7)17-11-14-21(3)29(33)30-23(27(19)32)18-22(4)31;2-1-3/h11,13-14,17-19,24-26,28H,9-10,12,15-16H2,1-8H3,(H,30,33);1H,(H2,2,3)/b17-11-,20-13+,21-14+,23-18+;. The lowest BCUT2D eigenvalue weighted by Crippen LogP contribution is -2.32. The van der Waals surface area contributed by atoms with Gasteiger partial charge in [-0.15, -0.1) is 0 Å². The van der Waals surface area contributed by atoms with Gasteiger partial charge in [0.05, 0.1) is 17.9 Å². The van der Waals surface area contributed by atoms with Crippen molar-refractivity contribution < 1.29 is 38.1 Å². The van der Waals surface area contributed by atoms with Gasteiger partial charge in [-0.2, -0.15) is 0 Å². The van der Waals surface area contributed by atoms with Gasteiger partial charge in [-0.3, -0.25) is 19.2 Å². The number of carbonyl (C=O) groups excluding carboxylic acids is 4. The molecule has 10 nitrogen and oxygen atoms in total. The summed E-state index contributed by atoms with van der Waals surface area (Å²) in [6.45, 7) is 6.80. The van der Waals surface area contributed by atoms with Crippen molar-refractivity contribution in [3.63, 3.8) is 0 Å². The number of nitrogens with one attached hydrogen (secondary N) is 1. The number of ketones is 2. The Kier molecular flexibility index (Phi) is 19.4. The fourth-order valence-corrected chi connectivity index (χ4v) is 4.38. The van der Waals surface area contributed by atoms with Crippen molar-refractivity contribution in [2.24, 2.45) is 11.7 Å². The van der Waals surface area contributed by atoms with Crippen LogP contribution in [0.4, 0.5) is 0 Å². The molecular weight excluding hydrogens is 516 g/mol. The summed E-state index contributed by atoms with van der Waals surface area (Å²) in [5.41, 5.74) is 5.58. The van der Waals surface area contributed by atoms with Crippen molar-refractivity contribution in [3.05, 3.63) is 47.2 Å². The highest BCUT2D eigenvalue weighted by Crippen LogP contribution is 2.21. The smallest absolute Gasteiger partial charge is 0.251 e. The van der Waals surface area contributed by atoms with Crippen LogP contribution in [0, 0.1) is 5.92 Å². The van der Waals surface area contributed by atoms with Crippen LogP contribution in [0.5, 0.6) is 0 Å². The van der Waals surface area contributed by atoms with E-state index in [4.69, 9.17) is 23.7 Å². The summed E-state index contributed by atoms with van der Waals surface area (Å²) in [5.74, 6) is -1.42. The monoisotopic (exact) mass is 564 g/mol. The molecule has 0 fully saturated rings. The molecule has 10 heteroatoms. The Morgan fingerprint density at radius 3 is 2.12 bits per heavy atom. The maximum Gasteiger partial charge on any atom is 0.251 e. The Labute approximate surface area is 239 Å². The van der Waals surface area contributed by atoms with E-state index in [1.54, 1.807) is 54.4 Å². The first kappa shape index (κ1) is 37.1. The third-order valence-corrected chi connectivity index (χ3v) is 6.65. The summed E-state index contributed by atoms with van der Waals surface area (Å²) in [4.78, 5) is 46.3. The number of nitrogens with two attached hydrogens (primary N) is 1. The van der Waals surface area contributed by atoms with Crippen LogP contribution in [0.2, 0.25) is 0 Å². The van der Waals surface area contributed by atoms with E-state index >= 15 is 0 Å². The number of rotatable bonds is 5. The van der Waals surface area contributed by atoms with E-state index in [0.29, 0.717) is 18.4 Å². The van der Waals surface area contributed by atoms with Gasteiger partial charge in [-0.1, -0.05) is 37.6 Å². The van der Waals surface area contributed by atoms with Gasteiger partial charge in [0.2, 0.25) is 6.41 Å². The Hall–Kier alpha value is -2.92. The van der Waals surface area contributed by atoms with Crippen LogP contribution in [-0.2, 0) is 38.1 Å². The summed E-state index contributed by atoms with van der Waals surface area (Å²) < 4.78 is 22.8. The zero-order chi connectivity index (χ0) is 30.7. The second kappa shape index (κ2) is 20.9. The van der Waals surface area contributed by atoms with E-state index in [2.05, 4.69) is 17.1 Å². The molecule has 1 aliphatic heterocycles. The maximum atomic E-state index is 13.1. The normalized spacial score (nSPS) is 30.4. The number of primary amides is 1. The van der Waals surface area contributed by atoms with Crippen LogP contribution in [0.1, 0.15) is 59.8 Å². The van der Waals surface area contributed by atoms with Gasteiger partial charge in [0.25, 0.3) is 5.91 Å². The number of hydrogen-bond acceptors (Lipinski definition) is 8. The van der Waals surface area contributed by atoms with Crippen LogP contribution in [0.3, 0.4) is 0 Å². The molecule has 5 unspecified atom stereocenters. The molecule has 226 valence electrons. The molecule has 0 saturated heterocycles. The molecule has 2 amide bonds. The van der Waals surface area contributed by atoms with Crippen molar-refractivity contribution >= 4 is 23.9 Å². The number of ether oxygens (including phenoxy) is 4. The van der Waals surface area contributed by atoms with E-state index in [1.807, 2.05) is 13.0 Å². The van der Waals surface area contributed by atoms with Crippen molar-refractivity contribution in [2.45, 2.75) is 84.2 Å². The highest BCUT2D eigenvalue weighted by molar-refractivity contribution is 6.07. The molecule has 3 N–H and O–H groups in total. The summed E-state index contributed by atoms with van der Waals surface area (Å²) in [5, 5.41) is 2.63. The second-order valence-electron chi connectivity index (χ2n) is 9.62. The maximum absolute atomic E-state index is 13.1. The molecule has 1 aliphatic rings. The first-order chi connectivity index (χ1) is 19.0. The van der Waals surface area contributed by atoms with Gasteiger partial charge in [0.1, 0.15) is 12.2 Å². The van der Waals surface area contributed by atoms with Crippen LogP contribution in [0.25, 0.3) is 0 Å². The predicted molar refractivity (Wildman–Crippen MR) is 154 cm³/mol. The number of amides is 2. The molecule has 0 aromatic heterocycles. The predicted octanol–water partition coefficient (Wildman–Crippen LogP) is 3.36. The number of methoxy groups -OCH3 is 4. The zero-order valence-electron chi connectivity index (χ0n) is 25.2. The lowest BCUT2D eigenvalue weighted by atomic mass is 9.94. The molecule has 0 aromatic carbocycles. The number of allylic oxidation sites excluding steroid dienone is 5. The third kappa shape index (κ3) is 13.4. The van der Waals surface area contributed by atoms with E-state index in [0.717, 1.165) is 24.8 Å². The highest BCUT2D eigenvalue weighted by atomic mass is 16.5. The summed E-state index contributed by atoms with van der Waals surface area (Å²) >= 11 is 0. The lowest BCUT2D eigenvalue weighted by Gasteiger charge is -2.26. The molecular formula is C30H48N2O8. The summed E-state index contributed by atoms with van der Waals surface area (Å²) in [6, 6.07) is 0. The van der Waals surface area contributed by atoms with Gasteiger partial charge in [0, 0.05) is 46.0 Å². The number of Topliss-reactive ketones (excluding diaryl/α,β-unsaturated/α-hetero) is 1. The quantitative estimate of drug-likeness (QED) is 0.294. The molecule has 0 aliphatic carbocycles. The second-order valence-corrected chi connectivity index (χ2v) is 9.62. The lowest BCUT2D eigenvalue weighted by molar-refractivity contribution is -0.123. The van der Waals surface area contributed by atoms with E-state index in [-0.39, 0.29) is 54.0 Å². The summed E-state index contributed by atoms with van der Waals surface area (Å²) in [6.07, 6.45) is 11.4. The highest BCUT2D eigenvalue weighted by Gasteiger charge is 2.25. The largest absolute Gasteiger partial charge is 0.379 e. The van der Waals surface area contributed by atoms with Gasteiger partial charge in [0.15, 0.2) is 11.6 Å². The van der Waals surface area contributed by atoms with Gasteiger partial charge < -0.3 is 30.0 Å². The average molecular weight is 565 g/mol. The molecule has 0 aromatic rings. The van der Waals surface area contributed by atoms with Crippen LogP contribution >= 0.6 is 0 Å². The Morgan fingerprint density at radius 2 is 1.60 bits per heavy atom. The van der Waals surface area contributed by atoms with Gasteiger partial charge >= 0.3 is 0 Å². The molecule has 1 heterocycles. The fraction of sp³-hybridized carbons (Fsp3) is 0.600. The number of hydrogen-bond donors (Lipinski definition) is 2. The fourth-order valence-electron chi connectivity index (χ4n) is 4.38. The van der Waals surface area contributed by atoms with E-state index < -0.39 is 5.91 Å². The van der Waals surface area contributed by atoms with E-state index in [1.165, 1.54) is 13.0 Å². The van der Waals surface area contributed by atoms with Crippen molar-refractivity contribution in [1.29, 1.82) is 0 Å². The van der Waals surface area contributed by atoms with E-state index in [9.17, 15) is 14.4 Å². The van der Waals surface area contributed by atoms with Crippen LogP contribution in [0.15, 0.2) is 47.2 Å². The first-order valence-corrected chi connectivity index (χ1v) is 13.4. The Bertz CT molecular complexity index is 938. The molecule has 0 spiro atoms. The molecule has 40 heavy (non-hydrogen) atoms. The average Bonchev–Trinajstić information content (AvgIpc) is 2.91. The Morgan fingerprint density at radius 1 is 1.00 bits per heavy atom. The van der Waals surface area contributed by atoms with Crippen molar-refractivity contribution in [1.82, 2.24) is 5.32 Å². The van der Waals surface area contributed by atoms with Crippen molar-refractivity contribution in [2.75, 3.05) is 28.4 Å². The van der Waals surface area contributed by atoms with Gasteiger partial charge in [-0.25, -0.2) is 0 Å². The topological polar surface area (TPSA) is 143 Å². The van der Waals surface area contributed by atoms with Crippen molar-refractivity contribution in [3.8, 4) is 0 Å². The first-order valence-electron chi connectivity index (χ1n) is 13.4. The summed E-state index contributed by atoms with van der Waals surface area (Å²) in [7, 11) is 6.58. The molecule has 0 radical (unpaired) electrons. The Balaban J connectivity index is 0.00000483. The third-order valence-electron chi connectivity index (χ3n) is 6.65. The molecule has 1 rings (SSSR count). The minimum atomic E-state index is -0.456. The zero-order valence-corrected chi connectivity index (χ0v) is 25.2. The van der Waals surface area contributed by atoms with Gasteiger partial charge in [-0.05, 0) is 52.0 Å². The SMILES string of the molecule is COC1/C=C\C=C(/C)C(=O)N/C(=C/C(C)=O)C(=O)C(C)CCCC(OC)C(OC)CC/C=C(\C)C1OC.NC=O.